The fraction of sp³-hybridized carbons (Fsp3) is 0.400. The number of benzene rings is 1. The second-order valence-electron chi connectivity index (χ2n) is 6.85. The lowest BCUT2D eigenvalue weighted by atomic mass is 10.0. The Kier molecular flexibility index (Phi) is 4.40. The molecule has 25 heavy (non-hydrogen) atoms. The second-order valence-corrected chi connectivity index (χ2v) is 6.85. The molecule has 5 nitrogen and oxygen atoms in total. The van der Waals surface area contributed by atoms with Gasteiger partial charge in [-0.25, -0.2) is 4.98 Å². The summed E-state index contributed by atoms with van der Waals surface area (Å²) >= 11 is 0. The van der Waals surface area contributed by atoms with Crippen LogP contribution in [-0.2, 0) is 13.6 Å². The number of hydrogen-bond donors (Lipinski definition) is 1. The summed E-state index contributed by atoms with van der Waals surface area (Å²) in [4.78, 5) is 6.94. The topological polar surface area (TPSA) is 46.0 Å². The zero-order valence-corrected chi connectivity index (χ0v) is 15.0. The summed E-state index contributed by atoms with van der Waals surface area (Å²) in [5, 5.41) is 10.0. The van der Waals surface area contributed by atoms with Gasteiger partial charge >= 0.3 is 0 Å². The van der Waals surface area contributed by atoms with Gasteiger partial charge in [0.2, 0.25) is 0 Å². The van der Waals surface area contributed by atoms with Crippen molar-refractivity contribution < 1.29 is 0 Å². The lowest BCUT2D eigenvalue weighted by Gasteiger charge is -2.26. The zero-order valence-electron chi connectivity index (χ0n) is 15.0. The summed E-state index contributed by atoms with van der Waals surface area (Å²) < 4.78 is 2.03. The number of aryl methyl sites for hydroxylation is 1. The van der Waals surface area contributed by atoms with Crippen LogP contribution in [0.15, 0.2) is 36.7 Å². The molecule has 1 aliphatic rings. The standard InChI is InChI=1S/C20H25N5/c1-21-20-11-17-10-15(6-7-16(17)12-22-20)18-13-23-24(2)19(18)14-25-8-4-3-5-9-25/h6-7,10-13H,3-5,8-9,14H2,1-2H3,(H,21,22). The molecular weight excluding hydrogens is 310 g/mol. The molecular formula is C20H25N5. The van der Waals surface area contributed by atoms with E-state index in [1.807, 2.05) is 31.2 Å². The van der Waals surface area contributed by atoms with Gasteiger partial charge in [0, 0.05) is 37.8 Å². The minimum Gasteiger partial charge on any atom is -0.373 e. The molecule has 1 aromatic carbocycles. The third-order valence-electron chi connectivity index (χ3n) is 5.17. The SMILES string of the molecule is CNc1cc2cc(-c3cnn(C)c3CN3CCCCC3)ccc2cn1. The molecule has 1 N–H and O–H groups in total. The van der Waals surface area contributed by atoms with Gasteiger partial charge < -0.3 is 5.32 Å². The van der Waals surface area contributed by atoms with Crippen molar-refractivity contribution in [1.82, 2.24) is 19.7 Å². The molecule has 1 fully saturated rings. The van der Waals surface area contributed by atoms with Crippen LogP contribution in [-0.4, -0.2) is 39.8 Å². The molecule has 2 aromatic heterocycles. The fourth-order valence-electron chi connectivity index (χ4n) is 3.67. The second kappa shape index (κ2) is 6.84. The Labute approximate surface area is 148 Å². The molecule has 4 rings (SSSR count). The molecule has 0 saturated carbocycles. The minimum atomic E-state index is 0.893. The summed E-state index contributed by atoms with van der Waals surface area (Å²) in [5.41, 5.74) is 3.75. The van der Waals surface area contributed by atoms with E-state index in [-0.39, 0.29) is 0 Å². The molecule has 130 valence electrons. The minimum absolute atomic E-state index is 0.893. The molecule has 0 unspecified atom stereocenters. The lowest BCUT2D eigenvalue weighted by molar-refractivity contribution is 0.216. The highest BCUT2D eigenvalue weighted by Crippen LogP contribution is 2.29. The highest BCUT2D eigenvalue weighted by Gasteiger charge is 2.17. The van der Waals surface area contributed by atoms with Gasteiger partial charge in [0.25, 0.3) is 0 Å². The van der Waals surface area contributed by atoms with E-state index in [2.05, 4.69) is 44.6 Å². The first-order valence-corrected chi connectivity index (χ1v) is 9.06. The van der Waals surface area contributed by atoms with E-state index in [1.165, 1.54) is 54.6 Å². The Hall–Kier alpha value is -2.40. The molecule has 0 aliphatic carbocycles. The van der Waals surface area contributed by atoms with Crippen LogP contribution in [0.4, 0.5) is 5.82 Å². The summed E-state index contributed by atoms with van der Waals surface area (Å²) in [6, 6.07) is 8.67. The third kappa shape index (κ3) is 3.24. The monoisotopic (exact) mass is 335 g/mol. The van der Waals surface area contributed by atoms with Gasteiger partial charge in [0.15, 0.2) is 0 Å². The Bertz CT molecular complexity index is 877. The van der Waals surface area contributed by atoms with Gasteiger partial charge in [-0.3, -0.25) is 9.58 Å². The van der Waals surface area contributed by atoms with E-state index in [0.717, 1.165) is 17.7 Å². The van der Waals surface area contributed by atoms with Crippen LogP contribution in [0.2, 0.25) is 0 Å². The Balaban J connectivity index is 1.70. The Morgan fingerprint density at radius 1 is 1.04 bits per heavy atom. The van der Waals surface area contributed by atoms with Crippen molar-refractivity contribution in [3.63, 3.8) is 0 Å². The number of pyridine rings is 1. The third-order valence-corrected chi connectivity index (χ3v) is 5.17. The average Bonchev–Trinajstić information content (AvgIpc) is 3.02. The van der Waals surface area contributed by atoms with Gasteiger partial charge in [0.05, 0.1) is 11.9 Å². The van der Waals surface area contributed by atoms with E-state index < -0.39 is 0 Å². The summed E-state index contributed by atoms with van der Waals surface area (Å²) in [6.45, 7) is 3.36. The van der Waals surface area contributed by atoms with Crippen LogP contribution in [0, 0.1) is 0 Å². The van der Waals surface area contributed by atoms with Crippen LogP contribution in [0.3, 0.4) is 0 Å². The van der Waals surface area contributed by atoms with Gasteiger partial charge in [-0.1, -0.05) is 18.6 Å². The normalized spacial score (nSPS) is 15.6. The first-order chi connectivity index (χ1) is 12.2. The first-order valence-electron chi connectivity index (χ1n) is 9.06. The number of fused-ring (bicyclic) bond motifs is 1. The van der Waals surface area contributed by atoms with Crippen molar-refractivity contribution in [2.75, 3.05) is 25.5 Å². The van der Waals surface area contributed by atoms with Crippen molar-refractivity contribution in [1.29, 1.82) is 0 Å². The molecule has 5 heteroatoms. The molecule has 3 aromatic rings. The molecule has 0 spiro atoms. The van der Waals surface area contributed by atoms with Crippen LogP contribution in [0.1, 0.15) is 25.0 Å². The number of nitrogens with one attached hydrogen (secondary N) is 1. The van der Waals surface area contributed by atoms with E-state index in [1.54, 1.807) is 0 Å². The number of rotatable bonds is 4. The van der Waals surface area contributed by atoms with Crippen molar-refractivity contribution in [3.8, 4) is 11.1 Å². The van der Waals surface area contributed by atoms with E-state index in [0.29, 0.717) is 0 Å². The average molecular weight is 335 g/mol. The van der Waals surface area contributed by atoms with E-state index in [4.69, 9.17) is 0 Å². The summed E-state index contributed by atoms with van der Waals surface area (Å²) in [6.07, 6.45) is 7.90. The Morgan fingerprint density at radius 2 is 1.88 bits per heavy atom. The van der Waals surface area contributed by atoms with Gasteiger partial charge in [0.1, 0.15) is 5.82 Å². The summed E-state index contributed by atoms with van der Waals surface area (Å²) in [5.74, 6) is 0.893. The number of nitrogens with zero attached hydrogens (tertiary/aromatic N) is 4. The number of hydrogen-bond acceptors (Lipinski definition) is 4. The van der Waals surface area contributed by atoms with Crippen molar-refractivity contribution in [2.24, 2.45) is 7.05 Å². The molecule has 1 saturated heterocycles. The zero-order chi connectivity index (χ0) is 17.2. The van der Waals surface area contributed by atoms with Crippen LogP contribution in [0.25, 0.3) is 21.9 Å². The van der Waals surface area contributed by atoms with Crippen LogP contribution >= 0.6 is 0 Å². The van der Waals surface area contributed by atoms with Gasteiger partial charge in [-0.15, -0.1) is 0 Å². The molecule has 1 aliphatic heterocycles. The highest BCUT2D eigenvalue weighted by molar-refractivity contribution is 5.88. The predicted molar refractivity (Wildman–Crippen MR) is 103 cm³/mol. The molecule has 0 amide bonds. The maximum Gasteiger partial charge on any atom is 0.126 e. The van der Waals surface area contributed by atoms with Crippen molar-refractivity contribution in [3.05, 3.63) is 42.4 Å². The maximum atomic E-state index is 4.54. The largest absolute Gasteiger partial charge is 0.373 e. The number of anilines is 1. The number of aromatic nitrogens is 3. The smallest absolute Gasteiger partial charge is 0.126 e. The lowest BCUT2D eigenvalue weighted by Crippen LogP contribution is -2.30. The van der Waals surface area contributed by atoms with E-state index >= 15 is 0 Å². The highest BCUT2D eigenvalue weighted by atomic mass is 15.3. The van der Waals surface area contributed by atoms with Crippen LogP contribution < -0.4 is 5.32 Å². The maximum absolute atomic E-state index is 4.54. The number of likely N-dealkylation sites (tertiary alicyclic amines) is 1. The molecule has 3 heterocycles. The van der Waals surface area contributed by atoms with Crippen LogP contribution in [0.5, 0.6) is 0 Å². The van der Waals surface area contributed by atoms with Crippen molar-refractivity contribution in [2.45, 2.75) is 25.8 Å². The first kappa shape index (κ1) is 16.1. The van der Waals surface area contributed by atoms with Crippen molar-refractivity contribution >= 4 is 16.6 Å². The quantitative estimate of drug-likeness (QED) is 0.790. The number of piperidine rings is 1. The van der Waals surface area contributed by atoms with E-state index in [9.17, 15) is 0 Å². The Morgan fingerprint density at radius 3 is 2.68 bits per heavy atom. The predicted octanol–water partition coefficient (Wildman–Crippen LogP) is 3.66. The van der Waals surface area contributed by atoms with Gasteiger partial charge in [-0.2, -0.15) is 5.10 Å². The summed E-state index contributed by atoms with van der Waals surface area (Å²) in [7, 11) is 3.95. The molecule has 0 radical (unpaired) electrons. The molecule has 0 bridgehead atoms. The fourth-order valence-corrected chi connectivity index (χ4v) is 3.67. The molecule has 0 atom stereocenters. The van der Waals surface area contributed by atoms with Gasteiger partial charge in [-0.05, 0) is 49.0 Å².